The van der Waals surface area contributed by atoms with Crippen molar-refractivity contribution in [3.05, 3.63) is 45.9 Å². The van der Waals surface area contributed by atoms with Crippen LogP contribution in [-0.2, 0) is 9.53 Å². The smallest absolute Gasteiger partial charge is 0.339 e. The second kappa shape index (κ2) is 6.51. The Balaban J connectivity index is 2.17. The van der Waals surface area contributed by atoms with Crippen molar-refractivity contribution in [2.75, 3.05) is 12.4 Å². The predicted octanol–water partition coefficient (Wildman–Crippen LogP) is 3.89. The number of anilines is 1. The number of ether oxygens (including phenoxy) is 1. The first-order valence-corrected chi connectivity index (χ1v) is 7.56. The van der Waals surface area contributed by atoms with Crippen LogP contribution < -0.4 is 5.32 Å². The molecule has 0 aliphatic heterocycles. The lowest BCUT2D eigenvalue weighted by Crippen LogP contribution is -2.02. The molecule has 24 heavy (non-hydrogen) atoms. The molecule has 2 aromatic carbocycles. The van der Waals surface area contributed by atoms with Crippen LogP contribution in [0, 0.1) is 0 Å². The van der Waals surface area contributed by atoms with Crippen LogP contribution in [0.2, 0.25) is 10.0 Å². The molecule has 1 amide bonds. The maximum atomic E-state index is 11.8. The molecule has 0 bridgehead atoms. The van der Waals surface area contributed by atoms with Crippen LogP contribution in [0.5, 0.6) is 0 Å². The Labute approximate surface area is 146 Å². The summed E-state index contributed by atoms with van der Waals surface area (Å²) in [5, 5.41) is 10.7. The summed E-state index contributed by atoms with van der Waals surface area (Å²) in [4.78, 5) is 22.5. The number of nitrogens with one attached hydrogen (secondary N) is 2. The van der Waals surface area contributed by atoms with Crippen LogP contribution in [-0.4, -0.2) is 29.7 Å². The number of hydrogen-bond acceptors (Lipinski definition) is 4. The SMILES string of the molecule is COC(=O)c1cc(-c2ccc3[nH]nc(NC=O)c3c2)c(Cl)cc1Cl. The van der Waals surface area contributed by atoms with Crippen molar-refractivity contribution in [3.63, 3.8) is 0 Å². The van der Waals surface area contributed by atoms with Crippen LogP contribution >= 0.6 is 23.2 Å². The zero-order valence-electron chi connectivity index (χ0n) is 12.4. The maximum Gasteiger partial charge on any atom is 0.339 e. The van der Waals surface area contributed by atoms with E-state index < -0.39 is 5.97 Å². The molecule has 8 heteroatoms. The molecule has 0 spiro atoms. The Morgan fingerprint density at radius 1 is 1.25 bits per heavy atom. The van der Waals surface area contributed by atoms with Crippen molar-refractivity contribution in [3.8, 4) is 11.1 Å². The van der Waals surface area contributed by atoms with E-state index in [1.807, 2.05) is 6.07 Å². The van der Waals surface area contributed by atoms with E-state index in [1.54, 1.807) is 18.2 Å². The van der Waals surface area contributed by atoms with Crippen molar-refractivity contribution >= 4 is 52.3 Å². The molecule has 0 atom stereocenters. The molecule has 0 aliphatic rings. The summed E-state index contributed by atoms with van der Waals surface area (Å²) in [7, 11) is 1.28. The number of rotatable bonds is 4. The van der Waals surface area contributed by atoms with Crippen molar-refractivity contribution in [1.82, 2.24) is 10.2 Å². The third-order valence-corrected chi connectivity index (χ3v) is 4.16. The summed E-state index contributed by atoms with van der Waals surface area (Å²) >= 11 is 12.3. The standard InChI is InChI=1S/C16H11Cl2N3O3/c1-24-16(23)10-5-9(12(17)6-13(10)18)8-2-3-14-11(4-8)15(19-7-22)21-20-14/h2-7H,1H3,(H2,19,20,21,22). The highest BCUT2D eigenvalue weighted by Gasteiger charge is 2.16. The van der Waals surface area contributed by atoms with Gasteiger partial charge in [-0.05, 0) is 29.8 Å². The Morgan fingerprint density at radius 2 is 2.04 bits per heavy atom. The van der Waals surface area contributed by atoms with Crippen molar-refractivity contribution in [2.45, 2.75) is 0 Å². The molecule has 0 unspecified atom stereocenters. The highest BCUT2D eigenvalue weighted by atomic mass is 35.5. The third kappa shape index (κ3) is 2.81. The van der Waals surface area contributed by atoms with Crippen molar-refractivity contribution in [1.29, 1.82) is 0 Å². The summed E-state index contributed by atoms with van der Waals surface area (Å²) in [6.45, 7) is 0. The largest absolute Gasteiger partial charge is 0.465 e. The minimum atomic E-state index is -0.550. The van der Waals surface area contributed by atoms with Gasteiger partial charge in [0.2, 0.25) is 6.41 Å². The fraction of sp³-hybridized carbons (Fsp3) is 0.0625. The second-order valence-electron chi connectivity index (χ2n) is 4.90. The van der Waals surface area contributed by atoms with Crippen LogP contribution in [0.4, 0.5) is 5.82 Å². The molecule has 0 saturated carbocycles. The molecule has 0 saturated heterocycles. The molecule has 122 valence electrons. The molecule has 0 fully saturated rings. The van der Waals surface area contributed by atoms with E-state index in [0.29, 0.717) is 28.2 Å². The number of esters is 1. The second-order valence-corrected chi connectivity index (χ2v) is 5.71. The summed E-state index contributed by atoms with van der Waals surface area (Å²) in [5.41, 5.74) is 2.32. The van der Waals surface area contributed by atoms with E-state index in [0.717, 1.165) is 11.1 Å². The first-order chi connectivity index (χ1) is 11.5. The number of methoxy groups -OCH3 is 1. The number of carbonyl (C=O) groups is 2. The molecule has 0 radical (unpaired) electrons. The number of amides is 1. The first kappa shape index (κ1) is 16.3. The van der Waals surface area contributed by atoms with Gasteiger partial charge in [-0.25, -0.2) is 4.79 Å². The quantitative estimate of drug-likeness (QED) is 0.543. The molecule has 3 aromatic rings. The lowest BCUT2D eigenvalue weighted by molar-refractivity contribution is -0.105. The average molecular weight is 364 g/mol. The molecule has 6 nitrogen and oxygen atoms in total. The van der Waals surface area contributed by atoms with Gasteiger partial charge in [0, 0.05) is 16.0 Å². The van der Waals surface area contributed by atoms with Gasteiger partial charge in [0.05, 0.1) is 23.2 Å². The van der Waals surface area contributed by atoms with E-state index in [2.05, 4.69) is 15.5 Å². The minimum Gasteiger partial charge on any atom is -0.465 e. The number of aromatic amines is 1. The monoisotopic (exact) mass is 363 g/mol. The van der Waals surface area contributed by atoms with E-state index in [4.69, 9.17) is 27.9 Å². The van der Waals surface area contributed by atoms with Crippen LogP contribution in [0.3, 0.4) is 0 Å². The van der Waals surface area contributed by atoms with Crippen LogP contribution in [0.1, 0.15) is 10.4 Å². The normalized spacial score (nSPS) is 10.6. The lowest BCUT2D eigenvalue weighted by atomic mass is 10.0. The van der Waals surface area contributed by atoms with Gasteiger partial charge in [0.25, 0.3) is 0 Å². The van der Waals surface area contributed by atoms with Gasteiger partial charge in [0.1, 0.15) is 0 Å². The summed E-state index contributed by atoms with van der Waals surface area (Å²) in [5.74, 6) is -0.147. The third-order valence-electron chi connectivity index (χ3n) is 3.53. The summed E-state index contributed by atoms with van der Waals surface area (Å²) in [6.07, 6.45) is 0.549. The Bertz CT molecular complexity index is 953. The molecule has 3 rings (SSSR count). The van der Waals surface area contributed by atoms with E-state index >= 15 is 0 Å². The van der Waals surface area contributed by atoms with Gasteiger partial charge in [-0.15, -0.1) is 0 Å². The zero-order chi connectivity index (χ0) is 17.3. The van der Waals surface area contributed by atoms with Gasteiger partial charge >= 0.3 is 5.97 Å². The molecule has 0 aliphatic carbocycles. The number of nitrogens with zero attached hydrogens (tertiary/aromatic N) is 1. The topological polar surface area (TPSA) is 84.1 Å². The number of H-pyrrole nitrogens is 1. The molecule has 2 N–H and O–H groups in total. The van der Waals surface area contributed by atoms with E-state index in [1.165, 1.54) is 13.2 Å². The van der Waals surface area contributed by atoms with Gasteiger partial charge in [-0.3, -0.25) is 9.89 Å². The predicted molar refractivity (Wildman–Crippen MR) is 92.6 cm³/mol. The van der Waals surface area contributed by atoms with Gasteiger partial charge in [-0.2, -0.15) is 5.10 Å². The first-order valence-electron chi connectivity index (χ1n) is 6.81. The number of benzene rings is 2. The number of halogens is 2. The number of hydrogen-bond donors (Lipinski definition) is 2. The van der Waals surface area contributed by atoms with Crippen molar-refractivity contribution < 1.29 is 14.3 Å². The number of aromatic nitrogens is 2. The van der Waals surface area contributed by atoms with E-state index in [-0.39, 0.29) is 10.6 Å². The maximum absolute atomic E-state index is 11.8. The molecule has 1 heterocycles. The van der Waals surface area contributed by atoms with E-state index in [9.17, 15) is 9.59 Å². The minimum absolute atomic E-state index is 0.211. The van der Waals surface area contributed by atoms with Gasteiger partial charge < -0.3 is 10.1 Å². The lowest BCUT2D eigenvalue weighted by Gasteiger charge is -2.09. The summed E-state index contributed by atoms with van der Waals surface area (Å²) < 4.78 is 4.73. The van der Waals surface area contributed by atoms with Gasteiger partial charge in [0.15, 0.2) is 5.82 Å². The Morgan fingerprint density at radius 3 is 2.75 bits per heavy atom. The fourth-order valence-electron chi connectivity index (χ4n) is 2.38. The Hall–Kier alpha value is -2.57. The zero-order valence-corrected chi connectivity index (χ0v) is 13.9. The highest BCUT2D eigenvalue weighted by Crippen LogP contribution is 2.35. The Kier molecular flexibility index (Phi) is 4.42. The van der Waals surface area contributed by atoms with Crippen molar-refractivity contribution in [2.24, 2.45) is 0 Å². The van der Waals surface area contributed by atoms with Crippen LogP contribution in [0.25, 0.3) is 22.0 Å². The molecule has 1 aromatic heterocycles. The number of carbonyl (C=O) groups excluding carboxylic acids is 2. The summed E-state index contributed by atoms with van der Waals surface area (Å²) in [6, 6.07) is 8.50. The average Bonchev–Trinajstić information content (AvgIpc) is 2.97. The fourth-order valence-corrected chi connectivity index (χ4v) is 2.95. The number of fused-ring (bicyclic) bond motifs is 1. The van der Waals surface area contributed by atoms with Gasteiger partial charge in [-0.1, -0.05) is 29.3 Å². The molecular formula is C16H11Cl2N3O3. The molecular weight excluding hydrogens is 353 g/mol. The van der Waals surface area contributed by atoms with Crippen LogP contribution in [0.15, 0.2) is 30.3 Å². The highest BCUT2D eigenvalue weighted by molar-refractivity contribution is 6.38.